The lowest BCUT2D eigenvalue weighted by molar-refractivity contribution is 0.0691. The fraction of sp³-hybridized carbons (Fsp3) is 0.154. The lowest BCUT2D eigenvalue weighted by Crippen LogP contribution is -2.09. The Hall–Kier alpha value is -2.14. The van der Waals surface area contributed by atoms with Crippen molar-refractivity contribution in [1.82, 2.24) is 9.97 Å². The van der Waals surface area contributed by atoms with Gasteiger partial charge in [0, 0.05) is 24.9 Å². The molecule has 0 saturated carbocycles. The molecule has 0 aromatic carbocycles. The van der Waals surface area contributed by atoms with Crippen LogP contribution in [0.5, 0.6) is 0 Å². The summed E-state index contributed by atoms with van der Waals surface area (Å²) < 4.78 is 0. The first kappa shape index (κ1) is 13.3. The molecule has 0 bridgehead atoms. The number of nitrogens with one attached hydrogen (secondary N) is 1. The van der Waals surface area contributed by atoms with Crippen LogP contribution in [-0.4, -0.2) is 27.6 Å². The quantitative estimate of drug-likeness (QED) is 0.878. The Morgan fingerprint density at radius 1 is 1.32 bits per heavy atom. The van der Waals surface area contributed by atoms with Gasteiger partial charge in [-0.15, -0.1) is 0 Å². The highest BCUT2D eigenvalue weighted by atomic mass is 35.5. The van der Waals surface area contributed by atoms with Crippen molar-refractivity contribution >= 4 is 23.4 Å². The van der Waals surface area contributed by atoms with Gasteiger partial charge in [0.05, 0.1) is 5.02 Å². The molecule has 0 fully saturated rings. The maximum absolute atomic E-state index is 10.9. The number of carboxylic acid groups (broad SMARTS) is 1. The van der Waals surface area contributed by atoms with Crippen LogP contribution >= 0.6 is 11.6 Å². The Morgan fingerprint density at radius 3 is 2.84 bits per heavy atom. The topological polar surface area (TPSA) is 75.1 Å². The smallest absolute Gasteiger partial charge is 0.356 e. The van der Waals surface area contributed by atoms with Crippen LogP contribution in [0.3, 0.4) is 0 Å². The molecule has 5 nitrogen and oxygen atoms in total. The van der Waals surface area contributed by atoms with Crippen LogP contribution < -0.4 is 5.32 Å². The van der Waals surface area contributed by atoms with E-state index in [0.717, 1.165) is 12.1 Å². The van der Waals surface area contributed by atoms with Crippen molar-refractivity contribution in [3.8, 4) is 0 Å². The van der Waals surface area contributed by atoms with Gasteiger partial charge in [0.25, 0.3) is 0 Å². The number of rotatable bonds is 5. The molecule has 2 rings (SSSR count). The molecule has 0 aliphatic rings. The van der Waals surface area contributed by atoms with Crippen molar-refractivity contribution < 1.29 is 9.90 Å². The number of nitrogens with zero attached hydrogens (tertiary/aromatic N) is 2. The van der Waals surface area contributed by atoms with Crippen molar-refractivity contribution in [3.63, 3.8) is 0 Å². The summed E-state index contributed by atoms with van der Waals surface area (Å²) in [6, 6.07) is 8.87. The third-order valence-corrected chi connectivity index (χ3v) is 2.77. The van der Waals surface area contributed by atoms with Gasteiger partial charge in [0.2, 0.25) is 0 Å². The van der Waals surface area contributed by atoms with Gasteiger partial charge in [-0.25, -0.2) is 9.78 Å². The van der Waals surface area contributed by atoms with Crippen molar-refractivity contribution in [3.05, 3.63) is 52.9 Å². The number of carboxylic acids is 1. The van der Waals surface area contributed by atoms with Gasteiger partial charge >= 0.3 is 5.97 Å². The molecule has 0 spiro atoms. The molecule has 0 aliphatic heterocycles. The Morgan fingerprint density at radius 2 is 2.16 bits per heavy atom. The van der Waals surface area contributed by atoms with Crippen LogP contribution in [0.1, 0.15) is 16.2 Å². The van der Waals surface area contributed by atoms with E-state index in [4.69, 9.17) is 16.7 Å². The lowest BCUT2D eigenvalue weighted by Gasteiger charge is -2.06. The van der Waals surface area contributed by atoms with E-state index in [-0.39, 0.29) is 10.7 Å². The second-order valence-corrected chi connectivity index (χ2v) is 4.24. The molecule has 0 unspecified atom stereocenters. The Balaban J connectivity index is 1.97. The minimum absolute atomic E-state index is 0.128. The first-order valence-electron chi connectivity index (χ1n) is 5.70. The summed E-state index contributed by atoms with van der Waals surface area (Å²) in [5.41, 5.74) is 0.812. The molecular weight excluding hydrogens is 266 g/mol. The van der Waals surface area contributed by atoms with Crippen LogP contribution in [0, 0.1) is 0 Å². The summed E-state index contributed by atoms with van der Waals surface area (Å²) in [4.78, 5) is 19.0. The highest BCUT2D eigenvalue weighted by molar-refractivity contribution is 6.33. The van der Waals surface area contributed by atoms with Gasteiger partial charge < -0.3 is 10.4 Å². The first-order valence-corrected chi connectivity index (χ1v) is 6.08. The third kappa shape index (κ3) is 3.66. The molecule has 0 atom stereocenters. The minimum Gasteiger partial charge on any atom is -0.476 e. The molecule has 0 saturated heterocycles. The van der Waals surface area contributed by atoms with Crippen LogP contribution in [0.25, 0.3) is 0 Å². The average molecular weight is 278 g/mol. The number of hydrogen-bond acceptors (Lipinski definition) is 4. The van der Waals surface area contributed by atoms with Crippen molar-refractivity contribution in [2.45, 2.75) is 6.42 Å². The number of aromatic carboxylic acids is 1. The molecule has 0 aliphatic carbocycles. The Bertz CT molecular complexity index is 575. The number of carbonyl (C=O) groups is 1. The zero-order valence-electron chi connectivity index (χ0n) is 10.0. The predicted molar refractivity (Wildman–Crippen MR) is 72.6 cm³/mol. The number of aromatic nitrogens is 2. The minimum atomic E-state index is -1.14. The Kier molecular flexibility index (Phi) is 4.30. The molecule has 6 heteroatoms. The number of anilines is 1. The Labute approximate surface area is 115 Å². The van der Waals surface area contributed by atoms with E-state index < -0.39 is 5.97 Å². The lowest BCUT2D eigenvalue weighted by atomic mass is 10.2. The molecule has 2 N–H and O–H groups in total. The molecule has 0 radical (unpaired) electrons. The molecule has 19 heavy (non-hydrogen) atoms. The van der Waals surface area contributed by atoms with E-state index in [0.29, 0.717) is 12.4 Å². The van der Waals surface area contributed by atoms with E-state index in [2.05, 4.69) is 15.3 Å². The average Bonchev–Trinajstić information content (AvgIpc) is 2.41. The number of halogens is 1. The zero-order chi connectivity index (χ0) is 13.7. The van der Waals surface area contributed by atoms with Gasteiger partial charge in [0.15, 0.2) is 5.69 Å². The predicted octanol–water partition coefficient (Wildman–Crippen LogP) is 2.48. The van der Waals surface area contributed by atoms with Gasteiger partial charge in [-0.2, -0.15) is 0 Å². The molecule has 0 amide bonds. The van der Waals surface area contributed by atoms with Crippen LogP contribution in [0.15, 0.2) is 36.5 Å². The van der Waals surface area contributed by atoms with Gasteiger partial charge in [-0.1, -0.05) is 17.7 Å². The second kappa shape index (κ2) is 6.15. The molecule has 2 heterocycles. The third-order valence-electron chi connectivity index (χ3n) is 2.46. The fourth-order valence-electron chi connectivity index (χ4n) is 1.56. The van der Waals surface area contributed by atoms with Crippen molar-refractivity contribution in [2.75, 3.05) is 11.9 Å². The largest absolute Gasteiger partial charge is 0.476 e. The molecular formula is C13H12ClN3O2. The first-order chi connectivity index (χ1) is 9.16. The standard InChI is InChI=1S/C13H12ClN3O2/c14-10-4-5-11(17-12(10)13(18)19)16-8-6-9-3-1-2-7-15-9/h1-5,7H,6,8H2,(H,16,17)(H,18,19). The van der Waals surface area contributed by atoms with Gasteiger partial charge in [0.1, 0.15) is 5.82 Å². The van der Waals surface area contributed by atoms with Crippen molar-refractivity contribution in [1.29, 1.82) is 0 Å². The molecule has 2 aromatic rings. The van der Waals surface area contributed by atoms with E-state index in [1.165, 1.54) is 6.07 Å². The highest BCUT2D eigenvalue weighted by Crippen LogP contribution is 2.16. The maximum Gasteiger partial charge on any atom is 0.356 e. The van der Waals surface area contributed by atoms with Gasteiger partial charge in [-0.05, 0) is 24.3 Å². The summed E-state index contributed by atoms with van der Waals surface area (Å²) in [6.07, 6.45) is 2.46. The van der Waals surface area contributed by atoms with Gasteiger partial charge in [-0.3, -0.25) is 4.98 Å². The van der Waals surface area contributed by atoms with Crippen LogP contribution in [-0.2, 0) is 6.42 Å². The normalized spacial score (nSPS) is 10.2. The second-order valence-electron chi connectivity index (χ2n) is 3.83. The van der Waals surface area contributed by atoms with E-state index in [1.54, 1.807) is 12.3 Å². The zero-order valence-corrected chi connectivity index (χ0v) is 10.8. The molecule has 98 valence electrons. The van der Waals surface area contributed by atoms with E-state index in [9.17, 15) is 4.79 Å². The SMILES string of the molecule is O=C(O)c1nc(NCCc2ccccn2)ccc1Cl. The summed E-state index contributed by atoms with van der Waals surface area (Å²) in [6.45, 7) is 0.616. The molecule has 2 aromatic heterocycles. The van der Waals surface area contributed by atoms with Crippen LogP contribution in [0.2, 0.25) is 5.02 Å². The number of hydrogen-bond donors (Lipinski definition) is 2. The fourth-order valence-corrected chi connectivity index (χ4v) is 1.74. The number of pyridine rings is 2. The highest BCUT2D eigenvalue weighted by Gasteiger charge is 2.11. The summed E-state index contributed by atoms with van der Waals surface area (Å²) >= 11 is 5.74. The monoisotopic (exact) mass is 277 g/mol. The summed E-state index contributed by atoms with van der Waals surface area (Å²) in [5, 5.41) is 12.1. The maximum atomic E-state index is 10.9. The van der Waals surface area contributed by atoms with E-state index >= 15 is 0 Å². The van der Waals surface area contributed by atoms with E-state index in [1.807, 2.05) is 18.2 Å². The summed E-state index contributed by atoms with van der Waals surface area (Å²) in [5.74, 6) is -0.656. The van der Waals surface area contributed by atoms with Crippen LogP contribution in [0.4, 0.5) is 5.82 Å². The summed E-state index contributed by atoms with van der Waals surface area (Å²) in [7, 11) is 0. The van der Waals surface area contributed by atoms with Crippen molar-refractivity contribution in [2.24, 2.45) is 0 Å².